The first-order chi connectivity index (χ1) is 19.6. The summed E-state index contributed by atoms with van der Waals surface area (Å²) in [6, 6.07) is 0. The number of hydrogen-bond donors (Lipinski definition) is 0. The summed E-state index contributed by atoms with van der Waals surface area (Å²) in [4.78, 5) is 12.8. The maximum absolute atomic E-state index is 12.8. The molecule has 0 N–H and O–H groups in total. The lowest BCUT2D eigenvalue weighted by Gasteiger charge is -2.63. The topological polar surface area (TPSA) is 63.2 Å². The molecule has 4 fully saturated rings. The van der Waals surface area contributed by atoms with Gasteiger partial charge >= 0.3 is 5.97 Å². The number of carbonyl (C=O) groups excluding carboxylic acids is 1. The van der Waals surface area contributed by atoms with Crippen molar-refractivity contribution in [3.05, 3.63) is 0 Å². The molecule has 1 aliphatic heterocycles. The molecule has 0 aromatic carbocycles. The molecule has 8 heteroatoms. The Morgan fingerprint density at radius 2 is 1.47 bits per heavy atom. The van der Waals surface area contributed by atoms with Crippen molar-refractivity contribution in [2.24, 2.45) is 28.6 Å². The molecule has 0 aromatic rings. The van der Waals surface area contributed by atoms with Crippen LogP contribution in [0.5, 0.6) is 0 Å². The quantitative estimate of drug-likeness (QED) is 0.185. The Morgan fingerprint density at radius 1 is 0.884 bits per heavy atom. The summed E-state index contributed by atoms with van der Waals surface area (Å²) in [5.74, 6) is 1.50. The zero-order valence-electron chi connectivity index (χ0n) is 30.3. The molecular formula is C35H66O6Si2. The highest BCUT2D eigenvalue weighted by atomic mass is 28.4. The van der Waals surface area contributed by atoms with E-state index in [0.717, 1.165) is 19.3 Å². The van der Waals surface area contributed by atoms with Crippen LogP contribution in [-0.4, -0.2) is 60.4 Å². The second-order valence-electron chi connectivity index (χ2n) is 18.1. The van der Waals surface area contributed by atoms with Crippen molar-refractivity contribution in [3.8, 4) is 0 Å². The Balaban J connectivity index is 1.75. The third kappa shape index (κ3) is 6.01. The van der Waals surface area contributed by atoms with Crippen molar-refractivity contribution in [2.45, 2.75) is 174 Å². The third-order valence-electron chi connectivity index (χ3n) is 13.8. The van der Waals surface area contributed by atoms with Crippen LogP contribution in [0.4, 0.5) is 0 Å². The summed E-state index contributed by atoms with van der Waals surface area (Å²) >= 11 is 0. The van der Waals surface area contributed by atoms with Gasteiger partial charge in [-0.3, -0.25) is 4.79 Å². The molecule has 0 aromatic heterocycles. The minimum atomic E-state index is -2.17. The van der Waals surface area contributed by atoms with Crippen LogP contribution in [0.15, 0.2) is 0 Å². The van der Waals surface area contributed by atoms with Gasteiger partial charge in [0.2, 0.25) is 0 Å². The maximum Gasteiger partial charge on any atom is 0.305 e. The van der Waals surface area contributed by atoms with Gasteiger partial charge in [-0.25, -0.2) is 0 Å². The molecule has 250 valence electrons. The van der Waals surface area contributed by atoms with E-state index in [1.54, 1.807) is 7.11 Å². The SMILES string of the molecule is CCOC(=O)CC[C@@]12O[C@@H](OC)C[C@]1(C)[C@H]1CC[C@]3(C)[C@@H](O[Si](C)(C)C(C)(C)C)CC[C@H]3[C@@H]1C[C@H]2O[Si](C)(C)C(C)(C)C. The lowest BCUT2D eigenvalue weighted by molar-refractivity contribution is -0.246. The Labute approximate surface area is 266 Å². The second kappa shape index (κ2) is 11.8. The van der Waals surface area contributed by atoms with Crippen molar-refractivity contribution in [1.82, 2.24) is 0 Å². The van der Waals surface area contributed by atoms with Crippen LogP contribution in [0, 0.1) is 28.6 Å². The number of rotatable bonds is 9. The van der Waals surface area contributed by atoms with Gasteiger partial charge in [-0.1, -0.05) is 55.4 Å². The normalized spacial score (nSPS) is 40.1. The van der Waals surface area contributed by atoms with Gasteiger partial charge in [-0.05, 0) is 105 Å². The largest absolute Gasteiger partial charge is 0.466 e. The first kappa shape index (κ1) is 35.6. The second-order valence-corrected chi connectivity index (χ2v) is 27.6. The Hall–Kier alpha value is -0.256. The number of methoxy groups -OCH3 is 1. The predicted molar refractivity (Wildman–Crippen MR) is 179 cm³/mol. The van der Waals surface area contributed by atoms with E-state index >= 15 is 0 Å². The van der Waals surface area contributed by atoms with Crippen LogP contribution in [0.3, 0.4) is 0 Å². The summed E-state index contributed by atoms with van der Waals surface area (Å²) in [6.07, 6.45) is 7.48. The zero-order chi connectivity index (χ0) is 32.4. The molecule has 0 unspecified atom stereocenters. The maximum atomic E-state index is 12.8. The van der Waals surface area contributed by atoms with E-state index < -0.39 is 22.2 Å². The molecule has 3 saturated carbocycles. The molecule has 4 aliphatic rings. The van der Waals surface area contributed by atoms with Gasteiger partial charge < -0.3 is 23.1 Å². The molecule has 0 amide bonds. The van der Waals surface area contributed by atoms with Crippen molar-refractivity contribution in [3.63, 3.8) is 0 Å². The van der Waals surface area contributed by atoms with E-state index in [4.69, 9.17) is 23.1 Å². The van der Waals surface area contributed by atoms with Crippen molar-refractivity contribution in [1.29, 1.82) is 0 Å². The van der Waals surface area contributed by atoms with Gasteiger partial charge in [0.15, 0.2) is 22.9 Å². The molecule has 6 nitrogen and oxygen atoms in total. The number of hydrogen-bond acceptors (Lipinski definition) is 6. The van der Waals surface area contributed by atoms with E-state index in [1.165, 1.54) is 19.3 Å². The van der Waals surface area contributed by atoms with Gasteiger partial charge in [0.25, 0.3) is 0 Å². The summed E-state index contributed by atoms with van der Waals surface area (Å²) in [5, 5.41) is 0.270. The molecule has 0 bridgehead atoms. The van der Waals surface area contributed by atoms with Crippen LogP contribution in [0.25, 0.3) is 0 Å². The highest BCUT2D eigenvalue weighted by Crippen LogP contribution is 2.70. The highest BCUT2D eigenvalue weighted by molar-refractivity contribution is 6.74. The molecule has 1 saturated heterocycles. The number of fused-ring (bicyclic) bond motifs is 5. The molecule has 0 radical (unpaired) electrons. The molecule has 0 spiro atoms. The van der Waals surface area contributed by atoms with Gasteiger partial charge in [0.1, 0.15) is 5.60 Å². The standard InChI is InChI=1S/C35H66O6Si2/c1-15-38-29(36)19-21-35-28(41-43(13,14)32(5,6)7)22-24-25-16-17-27(40-42(11,12)31(2,3)4)33(25,8)20-18-26(24)34(35,9)23-30(37-10)39-35/h24-28,30H,15-23H2,1-14H3/t24-,25-,26-,27-,28+,30+,33-,34+,35-/m0/s1. The Bertz CT molecular complexity index is 1020. The molecule has 43 heavy (non-hydrogen) atoms. The van der Waals surface area contributed by atoms with Gasteiger partial charge in [-0.2, -0.15) is 0 Å². The van der Waals surface area contributed by atoms with Crippen molar-refractivity contribution in [2.75, 3.05) is 13.7 Å². The van der Waals surface area contributed by atoms with Crippen LogP contribution in [-0.2, 0) is 27.9 Å². The summed E-state index contributed by atoms with van der Waals surface area (Å²) in [5.41, 5.74) is -0.560. The molecule has 1 heterocycles. The van der Waals surface area contributed by atoms with Crippen LogP contribution in [0.1, 0.15) is 114 Å². The summed E-state index contributed by atoms with van der Waals surface area (Å²) < 4.78 is 33.2. The van der Waals surface area contributed by atoms with Gasteiger partial charge in [0.05, 0.1) is 18.8 Å². The van der Waals surface area contributed by atoms with E-state index in [2.05, 4.69) is 81.6 Å². The first-order valence-corrected chi connectivity index (χ1v) is 23.1. The number of carbonyl (C=O) groups is 1. The monoisotopic (exact) mass is 638 g/mol. The van der Waals surface area contributed by atoms with E-state index in [-0.39, 0.29) is 39.3 Å². The summed E-state index contributed by atoms with van der Waals surface area (Å²) in [7, 11) is -2.29. The van der Waals surface area contributed by atoms with Crippen molar-refractivity contribution < 1.29 is 27.9 Å². The van der Waals surface area contributed by atoms with E-state index in [1.807, 2.05) is 6.92 Å². The third-order valence-corrected chi connectivity index (χ3v) is 22.8. The molecular weight excluding hydrogens is 573 g/mol. The average molecular weight is 639 g/mol. The zero-order valence-corrected chi connectivity index (χ0v) is 32.3. The lowest BCUT2D eigenvalue weighted by atomic mass is 9.45. The smallest absolute Gasteiger partial charge is 0.305 e. The molecule has 4 rings (SSSR count). The fourth-order valence-corrected chi connectivity index (χ4v) is 12.0. The van der Waals surface area contributed by atoms with Gasteiger partial charge in [0, 0.05) is 25.4 Å². The van der Waals surface area contributed by atoms with Crippen LogP contribution in [0.2, 0.25) is 36.3 Å². The Kier molecular flexibility index (Phi) is 9.74. The summed E-state index contributed by atoms with van der Waals surface area (Å²) in [6.45, 7) is 30.9. The highest BCUT2D eigenvalue weighted by Gasteiger charge is 2.72. The van der Waals surface area contributed by atoms with E-state index in [0.29, 0.717) is 43.3 Å². The van der Waals surface area contributed by atoms with Gasteiger partial charge in [-0.15, -0.1) is 0 Å². The predicted octanol–water partition coefficient (Wildman–Crippen LogP) is 9.09. The number of ether oxygens (including phenoxy) is 3. The van der Waals surface area contributed by atoms with E-state index in [9.17, 15) is 4.79 Å². The minimum absolute atomic E-state index is 0.0678. The number of esters is 1. The average Bonchev–Trinajstić information content (AvgIpc) is 3.36. The first-order valence-electron chi connectivity index (χ1n) is 17.3. The molecule has 3 aliphatic carbocycles. The molecule has 9 atom stereocenters. The minimum Gasteiger partial charge on any atom is -0.466 e. The fourth-order valence-electron chi connectivity index (χ4n) is 9.20. The fraction of sp³-hybridized carbons (Fsp3) is 0.971. The van der Waals surface area contributed by atoms with Crippen LogP contribution >= 0.6 is 0 Å². The van der Waals surface area contributed by atoms with Crippen LogP contribution < -0.4 is 0 Å². The Morgan fingerprint density at radius 3 is 2.00 bits per heavy atom. The van der Waals surface area contributed by atoms with Crippen molar-refractivity contribution >= 4 is 22.6 Å². The lowest BCUT2D eigenvalue weighted by Crippen LogP contribution is -2.67.